The van der Waals surface area contributed by atoms with Gasteiger partial charge in [0.25, 0.3) is 0 Å². The average molecular weight is 346 g/mol. The zero-order valence-electron chi connectivity index (χ0n) is 13.1. The number of benzene rings is 1. The summed E-state index contributed by atoms with van der Waals surface area (Å²) in [6, 6.07) is 2.71. The first-order valence-corrected chi connectivity index (χ1v) is 7.65. The second-order valence-corrected chi connectivity index (χ2v) is 6.77. The molecule has 132 valence electrons. The highest BCUT2D eigenvalue weighted by molar-refractivity contribution is 5.68. The van der Waals surface area contributed by atoms with Gasteiger partial charge in [0.15, 0.2) is 0 Å². The van der Waals surface area contributed by atoms with Crippen molar-refractivity contribution < 1.29 is 27.1 Å². The number of nitrogens with zero attached hydrogens (tertiary/aromatic N) is 1. The van der Waals surface area contributed by atoms with E-state index in [1.54, 1.807) is 0 Å². The number of alkyl halides is 3. The largest absolute Gasteiger partial charge is 0.438 e. The van der Waals surface area contributed by atoms with E-state index in [4.69, 9.17) is 10.5 Å². The Hall–Kier alpha value is -1.83. The van der Waals surface area contributed by atoms with Gasteiger partial charge in [0.2, 0.25) is 0 Å². The van der Waals surface area contributed by atoms with E-state index in [0.29, 0.717) is 19.4 Å². The summed E-state index contributed by atoms with van der Waals surface area (Å²) in [4.78, 5) is 13.5. The highest BCUT2D eigenvalue weighted by Gasteiger charge is 2.51. The number of nitrogens with two attached hydrogens (primary N) is 1. The van der Waals surface area contributed by atoms with E-state index < -0.39 is 29.3 Å². The third kappa shape index (κ3) is 3.33. The van der Waals surface area contributed by atoms with Crippen molar-refractivity contribution in [2.75, 3.05) is 13.6 Å². The van der Waals surface area contributed by atoms with Crippen molar-refractivity contribution in [2.24, 2.45) is 5.73 Å². The zero-order valence-corrected chi connectivity index (χ0v) is 13.1. The summed E-state index contributed by atoms with van der Waals surface area (Å²) in [6.45, 7) is 0.332. The van der Waals surface area contributed by atoms with Crippen molar-refractivity contribution in [3.8, 4) is 0 Å². The molecule has 24 heavy (non-hydrogen) atoms. The van der Waals surface area contributed by atoms with Gasteiger partial charge >= 0.3 is 12.3 Å². The van der Waals surface area contributed by atoms with Crippen molar-refractivity contribution in [1.82, 2.24) is 4.90 Å². The molecule has 1 aromatic rings. The van der Waals surface area contributed by atoms with Crippen LogP contribution in [0.4, 0.5) is 22.4 Å². The molecule has 2 aliphatic rings. The number of halogens is 4. The van der Waals surface area contributed by atoms with Gasteiger partial charge in [-0.25, -0.2) is 9.18 Å². The van der Waals surface area contributed by atoms with Gasteiger partial charge < -0.3 is 15.4 Å². The lowest BCUT2D eigenvalue weighted by molar-refractivity contribution is -0.140. The predicted octanol–water partition coefficient (Wildman–Crippen LogP) is 3.39. The van der Waals surface area contributed by atoms with Crippen molar-refractivity contribution in [3.05, 3.63) is 35.1 Å². The standard InChI is InChI=1S/C16H18F4N2O2/c1-22(9-14(21)4-5-14)13(23)24-15(6-7-15)10-2-3-12(17)11(8-10)16(18,19)20/h2-3,8H,4-7,9,21H2,1H3. The molecule has 2 aliphatic carbocycles. The molecule has 0 unspecified atom stereocenters. The van der Waals surface area contributed by atoms with E-state index in [1.165, 1.54) is 18.0 Å². The minimum atomic E-state index is -4.80. The van der Waals surface area contributed by atoms with Crippen LogP contribution in [0.3, 0.4) is 0 Å². The number of likely N-dealkylation sites (N-methyl/N-ethyl adjacent to an activating group) is 1. The molecule has 2 fully saturated rings. The van der Waals surface area contributed by atoms with Crippen LogP contribution < -0.4 is 5.73 Å². The Kier molecular flexibility index (Phi) is 3.78. The van der Waals surface area contributed by atoms with E-state index in [2.05, 4.69) is 0 Å². The van der Waals surface area contributed by atoms with Gasteiger partial charge in [-0.2, -0.15) is 13.2 Å². The lowest BCUT2D eigenvalue weighted by atomic mass is 10.0. The van der Waals surface area contributed by atoms with Gasteiger partial charge in [-0.3, -0.25) is 0 Å². The fourth-order valence-corrected chi connectivity index (χ4v) is 2.69. The molecule has 2 N–H and O–H groups in total. The van der Waals surface area contributed by atoms with Gasteiger partial charge in [0.1, 0.15) is 11.4 Å². The molecule has 1 aromatic carbocycles. The smallest absolute Gasteiger partial charge is 0.419 e. The predicted molar refractivity (Wildman–Crippen MR) is 77.6 cm³/mol. The van der Waals surface area contributed by atoms with Crippen LogP contribution in [0.2, 0.25) is 0 Å². The Labute approximate surface area is 136 Å². The average Bonchev–Trinajstić information content (AvgIpc) is 3.38. The highest BCUT2D eigenvalue weighted by Crippen LogP contribution is 2.50. The van der Waals surface area contributed by atoms with Crippen molar-refractivity contribution in [1.29, 1.82) is 0 Å². The molecule has 0 spiro atoms. The quantitative estimate of drug-likeness (QED) is 0.850. The van der Waals surface area contributed by atoms with Gasteiger partial charge in [-0.15, -0.1) is 0 Å². The fraction of sp³-hybridized carbons (Fsp3) is 0.562. The molecular formula is C16H18F4N2O2. The summed E-state index contributed by atoms with van der Waals surface area (Å²) in [5, 5.41) is 0. The monoisotopic (exact) mass is 346 g/mol. The maximum Gasteiger partial charge on any atom is 0.419 e. The molecule has 0 heterocycles. The number of ether oxygens (including phenoxy) is 1. The number of amides is 1. The molecule has 4 nitrogen and oxygen atoms in total. The second-order valence-electron chi connectivity index (χ2n) is 6.77. The third-order valence-corrected chi connectivity index (χ3v) is 4.54. The van der Waals surface area contributed by atoms with Gasteiger partial charge in [-0.1, -0.05) is 6.07 Å². The summed E-state index contributed by atoms with van der Waals surface area (Å²) in [5.41, 5.74) is 3.26. The lowest BCUT2D eigenvalue weighted by Gasteiger charge is -2.25. The summed E-state index contributed by atoms with van der Waals surface area (Å²) in [6.07, 6.45) is -2.98. The number of carbonyl (C=O) groups excluding carboxylic acids is 1. The van der Waals surface area contributed by atoms with Gasteiger partial charge in [-0.05, 0) is 43.4 Å². The van der Waals surface area contributed by atoms with E-state index in [0.717, 1.165) is 25.0 Å². The van der Waals surface area contributed by atoms with Crippen molar-refractivity contribution in [2.45, 2.75) is 43.0 Å². The van der Waals surface area contributed by atoms with E-state index in [9.17, 15) is 22.4 Å². The first-order chi connectivity index (χ1) is 11.0. The minimum absolute atomic E-state index is 0.159. The Bertz CT molecular complexity index is 667. The summed E-state index contributed by atoms with van der Waals surface area (Å²) in [5.74, 6) is -1.34. The molecular weight excluding hydrogens is 328 g/mol. The first-order valence-electron chi connectivity index (χ1n) is 7.65. The molecule has 0 saturated heterocycles. The van der Waals surface area contributed by atoms with Crippen molar-refractivity contribution in [3.63, 3.8) is 0 Å². The number of carbonyl (C=O) groups is 1. The fourth-order valence-electron chi connectivity index (χ4n) is 2.69. The Morgan fingerprint density at radius 1 is 1.29 bits per heavy atom. The Balaban J connectivity index is 1.75. The van der Waals surface area contributed by atoms with Gasteiger partial charge in [0.05, 0.1) is 5.56 Å². The van der Waals surface area contributed by atoms with Crippen LogP contribution in [0.1, 0.15) is 36.8 Å². The van der Waals surface area contributed by atoms with Crippen LogP contribution in [-0.4, -0.2) is 30.1 Å². The normalized spacial score (nSPS) is 20.4. The minimum Gasteiger partial charge on any atom is -0.438 e. The lowest BCUT2D eigenvalue weighted by Crippen LogP contribution is -2.41. The molecule has 0 aromatic heterocycles. The van der Waals surface area contributed by atoms with E-state index in [-0.39, 0.29) is 11.1 Å². The van der Waals surface area contributed by atoms with E-state index in [1.807, 2.05) is 0 Å². The molecule has 0 aliphatic heterocycles. The number of hydrogen-bond acceptors (Lipinski definition) is 3. The van der Waals surface area contributed by atoms with Crippen LogP contribution in [0.25, 0.3) is 0 Å². The van der Waals surface area contributed by atoms with Gasteiger partial charge in [0, 0.05) is 19.1 Å². The van der Waals surface area contributed by atoms with Crippen LogP contribution in [0.15, 0.2) is 18.2 Å². The molecule has 0 radical (unpaired) electrons. The summed E-state index contributed by atoms with van der Waals surface area (Å²) in [7, 11) is 1.54. The van der Waals surface area contributed by atoms with Crippen LogP contribution in [-0.2, 0) is 16.5 Å². The maximum absolute atomic E-state index is 13.4. The molecule has 0 atom stereocenters. The zero-order chi connectivity index (χ0) is 17.8. The molecule has 8 heteroatoms. The maximum atomic E-state index is 13.4. The Morgan fingerprint density at radius 2 is 1.92 bits per heavy atom. The van der Waals surface area contributed by atoms with Crippen LogP contribution >= 0.6 is 0 Å². The first kappa shape index (κ1) is 17.0. The molecule has 2 saturated carbocycles. The van der Waals surface area contributed by atoms with Crippen molar-refractivity contribution >= 4 is 6.09 Å². The number of hydrogen-bond donors (Lipinski definition) is 1. The molecule has 3 rings (SSSR count). The third-order valence-electron chi connectivity index (χ3n) is 4.54. The van der Waals surface area contributed by atoms with Crippen LogP contribution in [0.5, 0.6) is 0 Å². The molecule has 1 amide bonds. The highest BCUT2D eigenvalue weighted by atomic mass is 19.4. The summed E-state index contributed by atoms with van der Waals surface area (Å²) >= 11 is 0. The van der Waals surface area contributed by atoms with E-state index >= 15 is 0 Å². The van der Waals surface area contributed by atoms with Crippen LogP contribution in [0, 0.1) is 5.82 Å². The second kappa shape index (κ2) is 5.34. The SMILES string of the molecule is CN(CC1(N)CC1)C(=O)OC1(c2ccc(F)c(C(F)(F)F)c2)CC1. The molecule has 0 bridgehead atoms. The topological polar surface area (TPSA) is 55.6 Å². The number of rotatable bonds is 4. The Morgan fingerprint density at radius 3 is 2.42 bits per heavy atom. The summed E-state index contributed by atoms with van der Waals surface area (Å²) < 4.78 is 57.4.